The molecular formula is C12H17N3O4S2. The molecular weight excluding hydrogens is 314 g/mol. The highest BCUT2D eigenvalue weighted by atomic mass is 32.2. The van der Waals surface area contributed by atoms with Gasteiger partial charge in [0.1, 0.15) is 10.7 Å². The van der Waals surface area contributed by atoms with E-state index in [1.54, 1.807) is 11.8 Å². The average molecular weight is 331 g/mol. The molecule has 0 saturated heterocycles. The minimum atomic E-state index is -1.82. The lowest BCUT2D eigenvalue weighted by Crippen LogP contribution is -2.25. The predicted molar refractivity (Wildman–Crippen MR) is 81.7 cm³/mol. The van der Waals surface area contributed by atoms with Crippen molar-refractivity contribution < 1.29 is 19.8 Å². The zero-order valence-electron chi connectivity index (χ0n) is 11.8. The van der Waals surface area contributed by atoms with Gasteiger partial charge in [0, 0.05) is 13.1 Å². The van der Waals surface area contributed by atoms with Crippen LogP contribution in [0.1, 0.15) is 19.0 Å². The number of nitrogens with zero attached hydrogens (tertiary/aromatic N) is 3. The van der Waals surface area contributed by atoms with Crippen LogP contribution >= 0.6 is 23.5 Å². The van der Waals surface area contributed by atoms with E-state index >= 15 is 0 Å². The number of carbonyl (C=O) groups is 2. The van der Waals surface area contributed by atoms with Crippen LogP contribution in [0, 0.1) is 0 Å². The van der Waals surface area contributed by atoms with Gasteiger partial charge in [-0.2, -0.15) is 8.75 Å². The molecule has 116 valence electrons. The van der Waals surface area contributed by atoms with Gasteiger partial charge in [-0.3, -0.25) is 0 Å². The van der Waals surface area contributed by atoms with Crippen LogP contribution in [0.25, 0.3) is 5.57 Å². The molecule has 7 nitrogen and oxygen atoms in total. The molecule has 9 heteroatoms. The molecule has 1 aliphatic heterocycles. The third-order valence-corrected chi connectivity index (χ3v) is 4.06. The lowest BCUT2D eigenvalue weighted by atomic mass is 10.1. The molecule has 21 heavy (non-hydrogen) atoms. The van der Waals surface area contributed by atoms with E-state index in [9.17, 15) is 0 Å². The minimum absolute atomic E-state index is 1.00. The lowest BCUT2D eigenvalue weighted by molar-refractivity contribution is -0.159. The maximum Gasteiger partial charge on any atom is 0.414 e. The van der Waals surface area contributed by atoms with E-state index in [0.29, 0.717) is 0 Å². The van der Waals surface area contributed by atoms with Crippen LogP contribution in [0.4, 0.5) is 0 Å². The fourth-order valence-electron chi connectivity index (χ4n) is 1.67. The van der Waals surface area contributed by atoms with E-state index in [4.69, 9.17) is 19.8 Å². The second kappa shape index (κ2) is 8.75. The SMILES string of the molecule is CCSc1nsnc1C1=CCCN(C)C1.O=C(O)C(=O)O. The summed E-state index contributed by atoms with van der Waals surface area (Å²) in [5.74, 6) is -2.59. The fraction of sp³-hybridized carbons (Fsp3) is 0.500. The molecule has 1 aliphatic rings. The first-order valence-electron chi connectivity index (χ1n) is 6.25. The molecule has 0 spiro atoms. The van der Waals surface area contributed by atoms with Crippen molar-refractivity contribution in [1.82, 2.24) is 13.6 Å². The minimum Gasteiger partial charge on any atom is -0.473 e. The number of hydrogen-bond acceptors (Lipinski definition) is 7. The van der Waals surface area contributed by atoms with E-state index in [0.717, 1.165) is 36.0 Å². The van der Waals surface area contributed by atoms with Crippen molar-refractivity contribution in [3.63, 3.8) is 0 Å². The van der Waals surface area contributed by atoms with Crippen LogP contribution in [0.5, 0.6) is 0 Å². The Morgan fingerprint density at radius 2 is 2.05 bits per heavy atom. The van der Waals surface area contributed by atoms with E-state index < -0.39 is 11.9 Å². The van der Waals surface area contributed by atoms with Gasteiger partial charge in [-0.05, 0) is 24.8 Å². The van der Waals surface area contributed by atoms with Crippen molar-refractivity contribution in [3.8, 4) is 0 Å². The molecule has 1 aromatic heterocycles. The van der Waals surface area contributed by atoms with Crippen LogP contribution < -0.4 is 0 Å². The first kappa shape index (κ1) is 17.6. The van der Waals surface area contributed by atoms with Crippen molar-refractivity contribution in [2.24, 2.45) is 0 Å². The van der Waals surface area contributed by atoms with Crippen molar-refractivity contribution in [2.75, 3.05) is 25.9 Å². The van der Waals surface area contributed by atoms with Crippen LogP contribution in [0.2, 0.25) is 0 Å². The summed E-state index contributed by atoms with van der Waals surface area (Å²) >= 11 is 3.10. The van der Waals surface area contributed by atoms with Crippen molar-refractivity contribution in [3.05, 3.63) is 11.8 Å². The average Bonchev–Trinajstić information content (AvgIpc) is 2.88. The molecule has 0 bridgehead atoms. The molecule has 2 heterocycles. The third kappa shape index (κ3) is 5.82. The molecule has 2 rings (SSSR count). The zero-order valence-corrected chi connectivity index (χ0v) is 13.4. The summed E-state index contributed by atoms with van der Waals surface area (Å²) in [6, 6.07) is 0. The predicted octanol–water partition coefficient (Wildman–Crippen LogP) is 1.52. The molecule has 0 saturated carbocycles. The van der Waals surface area contributed by atoms with Gasteiger partial charge in [-0.25, -0.2) is 9.59 Å². The lowest BCUT2D eigenvalue weighted by Gasteiger charge is -2.22. The molecule has 0 aromatic carbocycles. The van der Waals surface area contributed by atoms with Crippen molar-refractivity contribution >= 4 is 41.0 Å². The van der Waals surface area contributed by atoms with E-state index in [1.807, 2.05) is 0 Å². The Labute approximate surface area is 131 Å². The second-order valence-electron chi connectivity index (χ2n) is 4.22. The second-order valence-corrected chi connectivity index (χ2v) is 6.00. The smallest absolute Gasteiger partial charge is 0.414 e. The number of aliphatic carboxylic acids is 2. The van der Waals surface area contributed by atoms with Crippen LogP contribution in [-0.4, -0.2) is 61.7 Å². The standard InChI is InChI=1S/C10H15N3S2.C2H2O4/c1-3-14-10-9(11-15-12-10)8-5-4-6-13(2)7-8;3-1(4)2(5)6/h5H,3-4,6-7H2,1-2H3;(H,3,4)(H,5,6). The first-order valence-corrected chi connectivity index (χ1v) is 7.96. The fourth-order valence-corrected chi connectivity index (χ4v) is 3.12. The van der Waals surface area contributed by atoms with Gasteiger partial charge < -0.3 is 15.1 Å². The Hall–Kier alpha value is -1.45. The summed E-state index contributed by atoms with van der Waals surface area (Å²) in [4.78, 5) is 20.5. The van der Waals surface area contributed by atoms with Crippen LogP contribution in [-0.2, 0) is 9.59 Å². The molecule has 0 unspecified atom stereocenters. The normalized spacial score (nSPS) is 14.9. The number of carboxylic acids is 2. The van der Waals surface area contributed by atoms with Gasteiger partial charge in [0.05, 0.1) is 11.7 Å². The van der Waals surface area contributed by atoms with Gasteiger partial charge >= 0.3 is 11.9 Å². The summed E-state index contributed by atoms with van der Waals surface area (Å²) in [5.41, 5.74) is 2.45. The Bertz CT molecular complexity index is 518. The molecule has 0 atom stereocenters. The quantitative estimate of drug-likeness (QED) is 0.635. The Balaban J connectivity index is 0.000000315. The number of likely N-dealkylation sites (N-methyl/N-ethyl adjacent to an activating group) is 1. The highest BCUT2D eigenvalue weighted by molar-refractivity contribution is 7.99. The molecule has 1 aromatic rings. The van der Waals surface area contributed by atoms with Gasteiger partial charge in [-0.15, -0.1) is 11.8 Å². The van der Waals surface area contributed by atoms with E-state index in [2.05, 4.69) is 33.7 Å². The molecule has 0 amide bonds. The number of rotatable bonds is 3. The zero-order chi connectivity index (χ0) is 15.8. The summed E-state index contributed by atoms with van der Waals surface area (Å²) in [5, 5.41) is 15.9. The maximum atomic E-state index is 9.10. The van der Waals surface area contributed by atoms with Crippen LogP contribution in [0.3, 0.4) is 0 Å². The van der Waals surface area contributed by atoms with Gasteiger partial charge in [0.25, 0.3) is 0 Å². The topological polar surface area (TPSA) is 104 Å². The Morgan fingerprint density at radius 3 is 2.57 bits per heavy atom. The molecule has 0 aliphatic carbocycles. The Morgan fingerprint density at radius 1 is 1.38 bits per heavy atom. The summed E-state index contributed by atoms with van der Waals surface area (Å²) in [6.07, 6.45) is 3.43. The summed E-state index contributed by atoms with van der Waals surface area (Å²) in [6.45, 7) is 4.30. The maximum absolute atomic E-state index is 9.10. The highest BCUT2D eigenvalue weighted by Gasteiger charge is 2.16. The van der Waals surface area contributed by atoms with Gasteiger partial charge in [0.15, 0.2) is 0 Å². The summed E-state index contributed by atoms with van der Waals surface area (Å²) < 4.78 is 8.75. The number of aromatic nitrogens is 2. The van der Waals surface area contributed by atoms with Gasteiger partial charge in [-0.1, -0.05) is 13.0 Å². The van der Waals surface area contributed by atoms with E-state index in [1.165, 1.54) is 17.3 Å². The summed E-state index contributed by atoms with van der Waals surface area (Å²) in [7, 11) is 2.15. The van der Waals surface area contributed by atoms with Crippen molar-refractivity contribution in [2.45, 2.75) is 18.4 Å². The monoisotopic (exact) mass is 331 g/mol. The highest BCUT2D eigenvalue weighted by Crippen LogP contribution is 2.28. The third-order valence-electron chi connectivity index (χ3n) is 2.57. The van der Waals surface area contributed by atoms with Crippen molar-refractivity contribution in [1.29, 1.82) is 0 Å². The number of carboxylic acid groups (broad SMARTS) is 2. The van der Waals surface area contributed by atoms with E-state index in [-0.39, 0.29) is 0 Å². The van der Waals surface area contributed by atoms with Crippen LogP contribution in [0.15, 0.2) is 11.1 Å². The molecule has 0 radical (unpaired) electrons. The Kier molecular flexibility index (Phi) is 7.34. The van der Waals surface area contributed by atoms with Gasteiger partial charge in [0.2, 0.25) is 0 Å². The number of hydrogen-bond donors (Lipinski definition) is 2. The largest absolute Gasteiger partial charge is 0.473 e. The molecule has 2 N–H and O–H groups in total. The molecule has 0 fully saturated rings. The first-order chi connectivity index (χ1) is 9.95. The number of thioether (sulfide) groups is 1.